The fourth-order valence-electron chi connectivity index (χ4n) is 1.73. The molecule has 0 aliphatic carbocycles. The number of aromatic amines is 1. The first-order valence-corrected chi connectivity index (χ1v) is 5.90. The molecule has 0 saturated heterocycles. The van der Waals surface area contributed by atoms with Crippen LogP contribution in [0.15, 0.2) is 42.7 Å². The molecular formula is C14H14N2O3. The SMILES string of the molecule is O=C(O)c1cccc(C(=O)NCCc2cc[nH]c2)c1. The summed E-state index contributed by atoms with van der Waals surface area (Å²) in [5, 5.41) is 11.6. The Morgan fingerprint density at radius 2 is 2.00 bits per heavy atom. The fourth-order valence-corrected chi connectivity index (χ4v) is 1.73. The summed E-state index contributed by atoms with van der Waals surface area (Å²) in [5.41, 5.74) is 1.58. The number of hydrogen-bond acceptors (Lipinski definition) is 2. The molecule has 98 valence electrons. The number of amides is 1. The Bertz CT molecular complexity index is 576. The average molecular weight is 258 g/mol. The summed E-state index contributed by atoms with van der Waals surface area (Å²) in [4.78, 5) is 25.6. The Balaban J connectivity index is 1.92. The van der Waals surface area contributed by atoms with Crippen molar-refractivity contribution in [1.29, 1.82) is 0 Å². The van der Waals surface area contributed by atoms with Crippen LogP contribution in [-0.4, -0.2) is 28.5 Å². The van der Waals surface area contributed by atoms with Crippen LogP contribution in [0.2, 0.25) is 0 Å². The van der Waals surface area contributed by atoms with Gasteiger partial charge in [-0.05, 0) is 36.2 Å². The number of nitrogens with one attached hydrogen (secondary N) is 2. The predicted octanol–water partition coefficient (Wildman–Crippen LogP) is 1.69. The van der Waals surface area contributed by atoms with Crippen molar-refractivity contribution in [1.82, 2.24) is 10.3 Å². The predicted molar refractivity (Wildman–Crippen MR) is 70.2 cm³/mol. The highest BCUT2D eigenvalue weighted by molar-refractivity contribution is 5.97. The monoisotopic (exact) mass is 258 g/mol. The summed E-state index contributed by atoms with van der Waals surface area (Å²) in [5.74, 6) is -1.30. The van der Waals surface area contributed by atoms with Crippen LogP contribution in [0.3, 0.4) is 0 Å². The second-order valence-electron chi connectivity index (χ2n) is 4.11. The van der Waals surface area contributed by atoms with E-state index in [0.29, 0.717) is 12.1 Å². The largest absolute Gasteiger partial charge is 0.478 e. The molecule has 0 saturated carbocycles. The van der Waals surface area contributed by atoms with Crippen LogP contribution in [0.25, 0.3) is 0 Å². The van der Waals surface area contributed by atoms with Crippen LogP contribution in [-0.2, 0) is 6.42 Å². The van der Waals surface area contributed by atoms with Gasteiger partial charge < -0.3 is 15.4 Å². The van der Waals surface area contributed by atoms with Crippen molar-refractivity contribution in [2.24, 2.45) is 0 Å². The first-order valence-electron chi connectivity index (χ1n) is 5.90. The number of hydrogen-bond donors (Lipinski definition) is 3. The van der Waals surface area contributed by atoms with Gasteiger partial charge in [0, 0.05) is 24.5 Å². The minimum Gasteiger partial charge on any atom is -0.478 e. The van der Waals surface area contributed by atoms with Gasteiger partial charge in [0.15, 0.2) is 0 Å². The minimum absolute atomic E-state index is 0.110. The topological polar surface area (TPSA) is 82.2 Å². The van der Waals surface area contributed by atoms with Gasteiger partial charge in [-0.25, -0.2) is 4.79 Å². The minimum atomic E-state index is -1.04. The zero-order valence-electron chi connectivity index (χ0n) is 10.2. The van der Waals surface area contributed by atoms with Crippen molar-refractivity contribution >= 4 is 11.9 Å². The molecule has 5 nitrogen and oxygen atoms in total. The van der Waals surface area contributed by atoms with E-state index < -0.39 is 5.97 Å². The summed E-state index contributed by atoms with van der Waals surface area (Å²) >= 11 is 0. The smallest absolute Gasteiger partial charge is 0.335 e. The van der Waals surface area contributed by atoms with Crippen LogP contribution in [0.1, 0.15) is 26.3 Å². The second kappa shape index (κ2) is 5.86. The van der Waals surface area contributed by atoms with Gasteiger partial charge in [0.25, 0.3) is 5.91 Å². The maximum atomic E-state index is 11.8. The summed E-state index contributed by atoms with van der Waals surface area (Å²) in [6.45, 7) is 0.508. The standard InChI is InChI=1S/C14H14N2O3/c17-13(16-7-5-10-4-6-15-9-10)11-2-1-3-12(8-11)14(18)19/h1-4,6,8-9,15H,5,7H2,(H,16,17)(H,18,19). The number of aromatic nitrogens is 1. The van der Waals surface area contributed by atoms with E-state index >= 15 is 0 Å². The zero-order chi connectivity index (χ0) is 13.7. The van der Waals surface area contributed by atoms with Crippen molar-refractivity contribution in [3.63, 3.8) is 0 Å². The van der Waals surface area contributed by atoms with E-state index in [2.05, 4.69) is 10.3 Å². The van der Waals surface area contributed by atoms with E-state index in [9.17, 15) is 9.59 Å². The number of carboxylic acid groups (broad SMARTS) is 1. The van der Waals surface area contributed by atoms with Crippen LogP contribution in [0.5, 0.6) is 0 Å². The van der Waals surface area contributed by atoms with E-state index in [0.717, 1.165) is 12.0 Å². The third kappa shape index (κ3) is 3.45. The van der Waals surface area contributed by atoms with E-state index in [4.69, 9.17) is 5.11 Å². The quantitative estimate of drug-likeness (QED) is 0.763. The van der Waals surface area contributed by atoms with Gasteiger partial charge >= 0.3 is 5.97 Å². The molecule has 0 aliphatic heterocycles. The summed E-state index contributed by atoms with van der Waals surface area (Å²) < 4.78 is 0. The lowest BCUT2D eigenvalue weighted by Crippen LogP contribution is -2.25. The molecule has 1 heterocycles. The molecule has 0 atom stereocenters. The highest BCUT2D eigenvalue weighted by atomic mass is 16.4. The summed E-state index contributed by atoms with van der Waals surface area (Å²) in [7, 11) is 0. The highest BCUT2D eigenvalue weighted by Crippen LogP contribution is 2.05. The molecule has 3 N–H and O–H groups in total. The molecule has 0 unspecified atom stereocenters. The number of rotatable bonds is 5. The Hall–Kier alpha value is -2.56. The summed E-state index contributed by atoms with van der Waals surface area (Å²) in [6, 6.07) is 7.92. The first-order chi connectivity index (χ1) is 9.16. The first kappa shape index (κ1) is 12.9. The molecule has 1 amide bonds. The lowest BCUT2D eigenvalue weighted by atomic mass is 10.1. The molecule has 1 aromatic carbocycles. The lowest BCUT2D eigenvalue weighted by Gasteiger charge is -2.05. The van der Waals surface area contributed by atoms with E-state index in [1.54, 1.807) is 12.1 Å². The third-order valence-electron chi connectivity index (χ3n) is 2.73. The molecule has 1 aromatic heterocycles. The molecule has 0 spiro atoms. The van der Waals surface area contributed by atoms with Crippen LogP contribution < -0.4 is 5.32 Å². The Labute approximate surface area is 110 Å². The molecular weight excluding hydrogens is 244 g/mol. The number of benzene rings is 1. The number of H-pyrrole nitrogens is 1. The molecule has 5 heteroatoms. The molecule has 2 rings (SSSR count). The van der Waals surface area contributed by atoms with Crippen molar-refractivity contribution in [3.05, 3.63) is 59.4 Å². The van der Waals surface area contributed by atoms with E-state index in [1.807, 2.05) is 18.5 Å². The van der Waals surface area contributed by atoms with Gasteiger partial charge in [0.05, 0.1) is 5.56 Å². The molecule has 0 radical (unpaired) electrons. The van der Waals surface area contributed by atoms with Crippen LogP contribution in [0, 0.1) is 0 Å². The van der Waals surface area contributed by atoms with Crippen molar-refractivity contribution in [2.45, 2.75) is 6.42 Å². The normalized spacial score (nSPS) is 10.1. The van der Waals surface area contributed by atoms with E-state index in [-0.39, 0.29) is 11.5 Å². The molecule has 0 bridgehead atoms. The van der Waals surface area contributed by atoms with Crippen molar-refractivity contribution in [3.8, 4) is 0 Å². The van der Waals surface area contributed by atoms with E-state index in [1.165, 1.54) is 12.1 Å². The van der Waals surface area contributed by atoms with Gasteiger partial charge in [-0.3, -0.25) is 4.79 Å². The van der Waals surface area contributed by atoms with Gasteiger partial charge in [0.2, 0.25) is 0 Å². The average Bonchev–Trinajstić information content (AvgIpc) is 2.92. The zero-order valence-corrected chi connectivity index (χ0v) is 10.2. The van der Waals surface area contributed by atoms with Gasteiger partial charge in [0.1, 0.15) is 0 Å². The van der Waals surface area contributed by atoms with Crippen molar-refractivity contribution < 1.29 is 14.7 Å². The molecule has 0 fully saturated rings. The van der Waals surface area contributed by atoms with Crippen LogP contribution >= 0.6 is 0 Å². The maximum Gasteiger partial charge on any atom is 0.335 e. The van der Waals surface area contributed by atoms with Crippen molar-refractivity contribution in [2.75, 3.05) is 6.54 Å². The maximum absolute atomic E-state index is 11.8. The molecule has 0 aliphatic rings. The fraction of sp³-hybridized carbons (Fsp3) is 0.143. The Morgan fingerprint density at radius 3 is 2.68 bits per heavy atom. The lowest BCUT2D eigenvalue weighted by molar-refractivity contribution is 0.0697. The van der Waals surface area contributed by atoms with Gasteiger partial charge in [-0.2, -0.15) is 0 Å². The summed E-state index contributed by atoms with van der Waals surface area (Å²) in [6.07, 6.45) is 4.43. The Kier molecular flexibility index (Phi) is 3.97. The van der Waals surface area contributed by atoms with Crippen LogP contribution in [0.4, 0.5) is 0 Å². The molecule has 19 heavy (non-hydrogen) atoms. The number of carbonyl (C=O) groups is 2. The van der Waals surface area contributed by atoms with Gasteiger partial charge in [-0.15, -0.1) is 0 Å². The number of carbonyl (C=O) groups excluding carboxylic acids is 1. The second-order valence-corrected chi connectivity index (χ2v) is 4.11. The highest BCUT2D eigenvalue weighted by Gasteiger charge is 2.08. The number of aromatic carboxylic acids is 1. The van der Waals surface area contributed by atoms with Gasteiger partial charge in [-0.1, -0.05) is 6.07 Å². The number of carboxylic acids is 1. The Morgan fingerprint density at radius 1 is 1.21 bits per heavy atom. The molecule has 2 aromatic rings. The third-order valence-corrected chi connectivity index (χ3v) is 2.73.